The first-order chi connectivity index (χ1) is 11.2. The fourth-order valence-electron chi connectivity index (χ4n) is 3.49. The zero-order valence-corrected chi connectivity index (χ0v) is 13.9. The van der Waals surface area contributed by atoms with Crippen LogP contribution in [-0.2, 0) is 11.3 Å². The predicted octanol–water partition coefficient (Wildman–Crippen LogP) is 0.581. The van der Waals surface area contributed by atoms with Crippen molar-refractivity contribution in [3.63, 3.8) is 0 Å². The van der Waals surface area contributed by atoms with Crippen molar-refractivity contribution >= 4 is 0 Å². The van der Waals surface area contributed by atoms with Gasteiger partial charge >= 0.3 is 0 Å². The minimum absolute atomic E-state index is 0.190. The van der Waals surface area contributed by atoms with Crippen molar-refractivity contribution in [3.8, 4) is 11.5 Å². The first kappa shape index (κ1) is 16.5. The van der Waals surface area contributed by atoms with E-state index in [-0.39, 0.29) is 12.1 Å². The Labute approximate surface area is 137 Å². The maximum absolute atomic E-state index is 10.4. The van der Waals surface area contributed by atoms with Crippen LogP contribution in [0.15, 0.2) is 18.2 Å². The molecule has 0 unspecified atom stereocenters. The summed E-state index contributed by atoms with van der Waals surface area (Å²) in [4.78, 5) is 4.62. The number of ether oxygens (including phenoxy) is 3. The molecule has 0 amide bonds. The summed E-state index contributed by atoms with van der Waals surface area (Å²) in [5.41, 5.74) is 1.08. The summed E-state index contributed by atoms with van der Waals surface area (Å²) in [6.45, 7) is 5.61. The lowest BCUT2D eigenvalue weighted by atomic mass is 10.1. The van der Waals surface area contributed by atoms with E-state index in [4.69, 9.17) is 14.2 Å². The van der Waals surface area contributed by atoms with Crippen LogP contribution in [0.2, 0.25) is 0 Å². The summed E-state index contributed by atoms with van der Waals surface area (Å²) in [7, 11) is 3.35. The molecule has 0 aliphatic carbocycles. The first-order valence-electron chi connectivity index (χ1n) is 8.14. The van der Waals surface area contributed by atoms with Crippen LogP contribution in [-0.4, -0.2) is 80.7 Å². The van der Waals surface area contributed by atoms with Crippen LogP contribution in [0, 0.1) is 0 Å². The lowest BCUT2D eigenvalue weighted by Gasteiger charge is -2.33. The number of hydrogen-bond donors (Lipinski definition) is 1. The van der Waals surface area contributed by atoms with Crippen molar-refractivity contribution in [2.24, 2.45) is 0 Å². The van der Waals surface area contributed by atoms with Crippen molar-refractivity contribution < 1.29 is 19.3 Å². The Kier molecular flexibility index (Phi) is 5.38. The Bertz CT molecular complexity index is 519. The van der Waals surface area contributed by atoms with Gasteiger partial charge in [-0.15, -0.1) is 0 Å². The van der Waals surface area contributed by atoms with Crippen molar-refractivity contribution in [3.05, 3.63) is 23.8 Å². The van der Waals surface area contributed by atoms with Crippen LogP contribution in [0.4, 0.5) is 0 Å². The molecule has 1 aromatic rings. The molecule has 0 spiro atoms. The molecule has 1 N–H and O–H groups in total. The molecule has 0 radical (unpaired) electrons. The number of β-amino-alcohol motifs (C(OH)–C–C–N with tert-alkyl or cyclic N) is 1. The summed E-state index contributed by atoms with van der Waals surface area (Å²) in [6, 6.07) is 6.03. The Morgan fingerprint density at radius 1 is 1.17 bits per heavy atom. The van der Waals surface area contributed by atoms with Crippen LogP contribution < -0.4 is 9.47 Å². The van der Waals surface area contributed by atoms with Crippen LogP contribution in [0.5, 0.6) is 11.5 Å². The quantitative estimate of drug-likeness (QED) is 0.856. The van der Waals surface area contributed by atoms with Crippen LogP contribution in [0.3, 0.4) is 0 Å². The number of rotatable bonds is 5. The van der Waals surface area contributed by atoms with Gasteiger partial charge in [0.2, 0.25) is 0 Å². The zero-order valence-electron chi connectivity index (χ0n) is 13.9. The third kappa shape index (κ3) is 3.77. The summed E-state index contributed by atoms with van der Waals surface area (Å²) in [6.07, 6.45) is -0.315. The third-order valence-electron chi connectivity index (χ3n) is 4.73. The number of likely N-dealkylation sites (tertiary alicyclic amines) is 1. The molecule has 2 aliphatic rings. The molecule has 2 heterocycles. The van der Waals surface area contributed by atoms with Gasteiger partial charge in [0, 0.05) is 44.3 Å². The summed E-state index contributed by atoms with van der Waals surface area (Å²) in [5, 5.41) is 10.4. The van der Waals surface area contributed by atoms with Gasteiger partial charge in [-0.3, -0.25) is 9.80 Å². The minimum atomic E-state index is -0.315. The molecule has 6 heteroatoms. The van der Waals surface area contributed by atoms with Crippen LogP contribution in [0.25, 0.3) is 0 Å². The smallest absolute Gasteiger partial charge is 0.123 e. The van der Waals surface area contributed by atoms with E-state index >= 15 is 0 Å². The van der Waals surface area contributed by atoms with E-state index in [1.807, 2.05) is 18.2 Å². The Morgan fingerprint density at radius 3 is 2.65 bits per heavy atom. The fraction of sp³-hybridized carbons (Fsp3) is 0.647. The predicted molar refractivity (Wildman–Crippen MR) is 87.0 cm³/mol. The van der Waals surface area contributed by atoms with E-state index in [9.17, 15) is 5.11 Å². The fourth-order valence-corrected chi connectivity index (χ4v) is 3.49. The molecule has 128 valence electrons. The largest absolute Gasteiger partial charge is 0.497 e. The first-order valence-corrected chi connectivity index (χ1v) is 8.14. The number of hydrogen-bond acceptors (Lipinski definition) is 6. The monoisotopic (exact) mass is 322 g/mol. The van der Waals surface area contributed by atoms with Gasteiger partial charge in [-0.05, 0) is 18.2 Å². The SMILES string of the molecule is COc1ccc(OC)c(CN2C[C@H](O)[C@@H](N3CCOCC3)C2)c1. The Morgan fingerprint density at radius 2 is 1.96 bits per heavy atom. The van der Waals surface area contributed by atoms with E-state index in [1.54, 1.807) is 14.2 Å². The van der Waals surface area contributed by atoms with Crippen LogP contribution >= 0.6 is 0 Å². The molecule has 6 nitrogen and oxygen atoms in total. The highest BCUT2D eigenvalue weighted by molar-refractivity contribution is 5.40. The maximum Gasteiger partial charge on any atom is 0.123 e. The van der Waals surface area contributed by atoms with Gasteiger partial charge in [-0.1, -0.05) is 0 Å². The van der Waals surface area contributed by atoms with Crippen molar-refractivity contribution in [2.75, 3.05) is 53.6 Å². The second kappa shape index (κ2) is 7.49. The third-order valence-corrected chi connectivity index (χ3v) is 4.73. The molecule has 2 saturated heterocycles. The molecular formula is C17H26N2O4. The molecule has 0 bridgehead atoms. The topological polar surface area (TPSA) is 54.4 Å². The zero-order chi connectivity index (χ0) is 16.2. The molecular weight excluding hydrogens is 296 g/mol. The summed E-state index contributed by atoms with van der Waals surface area (Å²) in [5.74, 6) is 1.68. The van der Waals surface area contributed by atoms with E-state index < -0.39 is 0 Å². The Hall–Kier alpha value is -1.34. The van der Waals surface area contributed by atoms with Gasteiger partial charge in [0.1, 0.15) is 11.5 Å². The second-order valence-electron chi connectivity index (χ2n) is 6.15. The number of aliphatic hydroxyl groups excluding tert-OH is 1. The molecule has 1 aromatic carbocycles. The molecule has 2 atom stereocenters. The van der Waals surface area contributed by atoms with Crippen molar-refractivity contribution in [1.29, 1.82) is 0 Å². The van der Waals surface area contributed by atoms with Gasteiger partial charge in [-0.2, -0.15) is 0 Å². The van der Waals surface area contributed by atoms with Crippen LogP contribution in [0.1, 0.15) is 5.56 Å². The average molecular weight is 322 g/mol. The summed E-state index contributed by atoms with van der Waals surface area (Å²) >= 11 is 0. The van der Waals surface area contributed by atoms with E-state index in [0.29, 0.717) is 6.54 Å². The van der Waals surface area contributed by atoms with Crippen molar-refractivity contribution in [2.45, 2.75) is 18.7 Å². The molecule has 0 aromatic heterocycles. The number of nitrogens with zero attached hydrogens (tertiary/aromatic N) is 2. The van der Waals surface area contributed by atoms with Gasteiger partial charge < -0.3 is 19.3 Å². The van der Waals surface area contributed by atoms with E-state index in [1.165, 1.54) is 0 Å². The van der Waals surface area contributed by atoms with Gasteiger partial charge in [0.25, 0.3) is 0 Å². The highest BCUT2D eigenvalue weighted by Gasteiger charge is 2.36. The maximum atomic E-state index is 10.4. The molecule has 3 rings (SSSR count). The highest BCUT2D eigenvalue weighted by atomic mass is 16.5. The summed E-state index contributed by atoms with van der Waals surface area (Å²) < 4.78 is 16.2. The molecule has 0 saturated carbocycles. The molecule has 2 aliphatic heterocycles. The normalized spacial score (nSPS) is 26.4. The number of benzene rings is 1. The minimum Gasteiger partial charge on any atom is -0.497 e. The number of aliphatic hydroxyl groups is 1. The number of methoxy groups -OCH3 is 2. The molecule has 23 heavy (non-hydrogen) atoms. The van der Waals surface area contributed by atoms with Gasteiger partial charge in [0.15, 0.2) is 0 Å². The standard InChI is InChI=1S/C17H26N2O4/c1-21-14-3-4-17(22-2)13(9-14)10-18-11-15(16(20)12-18)19-5-7-23-8-6-19/h3-4,9,15-16,20H,5-8,10-12H2,1-2H3/t15-,16-/m0/s1. The number of morpholine rings is 1. The van der Waals surface area contributed by atoms with Gasteiger partial charge in [0.05, 0.1) is 33.5 Å². The van der Waals surface area contributed by atoms with Crippen molar-refractivity contribution in [1.82, 2.24) is 9.80 Å². The Balaban J connectivity index is 1.67. The average Bonchev–Trinajstić information content (AvgIpc) is 2.96. The van der Waals surface area contributed by atoms with E-state index in [2.05, 4.69) is 9.80 Å². The highest BCUT2D eigenvalue weighted by Crippen LogP contribution is 2.27. The molecule has 2 fully saturated rings. The lowest BCUT2D eigenvalue weighted by Crippen LogP contribution is -2.48. The lowest BCUT2D eigenvalue weighted by molar-refractivity contribution is -0.00618. The van der Waals surface area contributed by atoms with Gasteiger partial charge in [-0.25, -0.2) is 0 Å². The second-order valence-corrected chi connectivity index (χ2v) is 6.15. The van der Waals surface area contributed by atoms with E-state index in [0.717, 1.165) is 56.5 Å².